The normalized spacial score (nSPS) is 26.0. The summed E-state index contributed by atoms with van der Waals surface area (Å²) >= 11 is 0. The summed E-state index contributed by atoms with van der Waals surface area (Å²) in [7, 11) is 0. The van der Waals surface area contributed by atoms with Crippen LogP contribution in [0, 0.1) is 0 Å². The Morgan fingerprint density at radius 2 is 2.00 bits per heavy atom. The molecule has 0 spiro atoms. The lowest BCUT2D eigenvalue weighted by Gasteiger charge is -2.46. The minimum absolute atomic E-state index is 0.413. The maximum absolute atomic E-state index is 5.68. The highest BCUT2D eigenvalue weighted by molar-refractivity contribution is 5.54. The second kappa shape index (κ2) is 5.70. The van der Waals surface area contributed by atoms with Crippen LogP contribution in [0.5, 0.6) is 0 Å². The quantitative estimate of drug-likeness (QED) is 0.840. The summed E-state index contributed by atoms with van der Waals surface area (Å²) < 4.78 is 11.1. The van der Waals surface area contributed by atoms with E-state index in [1.54, 1.807) is 0 Å². The van der Waals surface area contributed by atoms with Crippen LogP contribution in [0.2, 0.25) is 0 Å². The monoisotopic (exact) mass is 300 g/mol. The van der Waals surface area contributed by atoms with Gasteiger partial charge in [0.25, 0.3) is 11.8 Å². The Morgan fingerprint density at radius 1 is 1.14 bits per heavy atom. The molecule has 0 bridgehead atoms. The highest BCUT2D eigenvalue weighted by Gasteiger charge is 2.34. The van der Waals surface area contributed by atoms with E-state index in [0.29, 0.717) is 23.9 Å². The minimum atomic E-state index is 0.413. The molecule has 2 aromatic rings. The van der Waals surface area contributed by atoms with Gasteiger partial charge in [-0.1, -0.05) is 18.2 Å². The zero-order valence-electron chi connectivity index (χ0n) is 12.7. The number of hydrogen-bond acceptors (Lipinski definition) is 6. The summed E-state index contributed by atoms with van der Waals surface area (Å²) in [6, 6.07) is 10.8. The Bertz CT molecular complexity index is 630. The van der Waals surface area contributed by atoms with E-state index < -0.39 is 0 Å². The molecule has 0 aliphatic carbocycles. The molecule has 1 aromatic heterocycles. The van der Waals surface area contributed by atoms with E-state index in [1.165, 1.54) is 0 Å². The molecule has 0 unspecified atom stereocenters. The molecule has 2 fully saturated rings. The average molecular weight is 300 g/mol. The molecule has 0 amide bonds. The number of anilines is 1. The Morgan fingerprint density at radius 3 is 2.86 bits per heavy atom. The van der Waals surface area contributed by atoms with E-state index in [1.807, 2.05) is 30.3 Å². The molecule has 2 aliphatic heterocycles. The molecule has 3 heterocycles. The maximum atomic E-state index is 5.68. The molecule has 2 atom stereocenters. The Balaban J connectivity index is 1.50. The third-order valence-corrected chi connectivity index (χ3v) is 4.48. The van der Waals surface area contributed by atoms with Crippen molar-refractivity contribution in [2.75, 3.05) is 37.7 Å². The fourth-order valence-corrected chi connectivity index (χ4v) is 3.29. The van der Waals surface area contributed by atoms with Gasteiger partial charge >= 0.3 is 0 Å². The lowest BCUT2D eigenvalue weighted by molar-refractivity contribution is -0.0471. The molecular weight excluding hydrogens is 280 g/mol. The van der Waals surface area contributed by atoms with E-state index in [4.69, 9.17) is 9.26 Å². The van der Waals surface area contributed by atoms with E-state index in [0.717, 1.165) is 38.4 Å². The molecule has 0 N–H and O–H groups in total. The van der Waals surface area contributed by atoms with Gasteiger partial charge in [0.1, 0.15) is 0 Å². The Labute approximate surface area is 129 Å². The van der Waals surface area contributed by atoms with Crippen LogP contribution in [0.15, 0.2) is 34.9 Å². The van der Waals surface area contributed by atoms with Crippen molar-refractivity contribution in [3.05, 3.63) is 30.3 Å². The molecule has 1 aromatic carbocycles. The van der Waals surface area contributed by atoms with Gasteiger partial charge in [0.05, 0.1) is 19.3 Å². The number of hydrogen-bond donors (Lipinski definition) is 0. The third kappa shape index (κ3) is 2.48. The smallest absolute Gasteiger partial charge is 0.266 e. The average Bonchev–Trinajstić information content (AvgIpc) is 3.06. The van der Waals surface area contributed by atoms with Crippen molar-refractivity contribution in [1.82, 2.24) is 15.0 Å². The van der Waals surface area contributed by atoms with Crippen LogP contribution in [0.25, 0.3) is 11.5 Å². The molecule has 22 heavy (non-hydrogen) atoms. The van der Waals surface area contributed by atoms with Crippen LogP contribution in [-0.4, -0.2) is 60.0 Å². The number of piperazine rings is 1. The minimum Gasteiger partial charge on any atom is -0.378 e. The number of fused-ring (bicyclic) bond motifs is 1. The predicted molar refractivity (Wildman–Crippen MR) is 82.7 cm³/mol. The molecule has 6 heteroatoms. The van der Waals surface area contributed by atoms with Gasteiger partial charge in [-0.3, -0.25) is 4.90 Å². The van der Waals surface area contributed by atoms with Crippen LogP contribution in [0.1, 0.15) is 6.92 Å². The highest BCUT2D eigenvalue weighted by Crippen LogP contribution is 2.24. The standard InChI is InChI=1S/C16H20N4O2/c1-12-10-21-11-14-9-19(7-8-20(12)14)16-17-15(22-18-16)13-5-3-2-4-6-13/h2-6,12,14H,7-11H2,1H3/t12-,14+/m0/s1. The molecular formula is C16H20N4O2. The second-order valence-electron chi connectivity index (χ2n) is 5.99. The van der Waals surface area contributed by atoms with Crippen LogP contribution in [-0.2, 0) is 4.74 Å². The van der Waals surface area contributed by atoms with Gasteiger partial charge in [-0.25, -0.2) is 0 Å². The van der Waals surface area contributed by atoms with Gasteiger partial charge in [-0.2, -0.15) is 4.98 Å². The number of rotatable bonds is 2. The fourth-order valence-electron chi connectivity index (χ4n) is 3.29. The van der Waals surface area contributed by atoms with Crippen molar-refractivity contribution in [3.63, 3.8) is 0 Å². The van der Waals surface area contributed by atoms with E-state index in [9.17, 15) is 0 Å². The second-order valence-corrected chi connectivity index (χ2v) is 5.99. The molecule has 116 valence electrons. The van der Waals surface area contributed by atoms with Gasteiger partial charge in [0.15, 0.2) is 0 Å². The summed E-state index contributed by atoms with van der Waals surface area (Å²) in [5.74, 6) is 1.25. The van der Waals surface area contributed by atoms with Gasteiger partial charge in [-0.05, 0) is 24.2 Å². The van der Waals surface area contributed by atoms with Gasteiger partial charge < -0.3 is 14.2 Å². The molecule has 6 nitrogen and oxygen atoms in total. The Hall–Kier alpha value is -1.92. The van der Waals surface area contributed by atoms with Crippen molar-refractivity contribution in [1.29, 1.82) is 0 Å². The Kier molecular flexibility index (Phi) is 3.56. The molecule has 4 rings (SSSR count). The third-order valence-electron chi connectivity index (χ3n) is 4.48. The topological polar surface area (TPSA) is 54.6 Å². The van der Waals surface area contributed by atoms with Crippen molar-refractivity contribution in [2.45, 2.75) is 19.0 Å². The highest BCUT2D eigenvalue weighted by atomic mass is 16.5. The largest absolute Gasteiger partial charge is 0.378 e. The van der Waals surface area contributed by atoms with Crippen LogP contribution in [0.4, 0.5) is 5.95 Å². The van der Waals surface area contributed by atoms with E-state index >= 15 is 0 Å². The van der Waals surface area contributed by atoms with Gasteiger partial charge in [0, 0.05) is 31.2 Å². The lowest BCUT2D eigenvalue weighted by atomic mass is 10.1. The van der Waals surface area contributed by atoms with Crippen molar-refractivity contribution < 1.29 is 9.26 Å². The molecule has 0 radical (unpaired) electrons. The van der Waals surface area contributed by atoms with Crippen LogP contribution >= 0.6 is 0 Å². The summed E-state index contributed by atoms with van der Waals surface area (Å²) in [6.07, 6.45) is 0. The first-order valence-corrected chi connectivity index (χ1v) is 7.79. The SMILES string of the molecule is C[C@H]1COC[C@H]2CN(c3noc(-c4ccccc4)n3)CCN21. The van der Waals surface area contributed by atoms with Crippen molar-refractivity contribution in [3.8, 4) is 11.5 Å². The van der Waals surface area contributed by atoms with Gasteiger partial charge in [-0.15, -0.1) is 0 Å². The van der Waals surface area contributed by atoms with Crippen molar-refractivity contribution >= 4 is 5.95 Å². The van der Waals surface area contributed by atoms with E-state index in [2.05, 4.69) is 26.9 Å². The number of aromatic nitrogens is 2. The number of ether oxygens (including phenoxy) is 1. The summed E-state index contributed by atoms with van der Waals surface area (Å²) in [5, 5.41) is 4.15. The van der Waals surface area contributed by atoms with Crippen LogP contribution in [0.3, 0.4) is 0 Å². The van der Waals surface area contributed by atoms with E-state index in [-0.39, 0.29) is 0 Å². The lowest BCUT2D eigenvalue weighted by Crippen LogP contribution is -2.61. The maximum Gasteiger partial charge on any atom is 0.266 e. The molecule has 2 aliphatic rings. The summed E-state index contributed by atoms with van der Waals surface area (Å²) in [5.41, 5.74) is 0.953. The number of morpholine rings is 1. The molecule has 0 saturated carbocycles. The first-order valence-electron chi connectivity index (χ1n) is 7.79. The molecule has 2 saturated heterocycles. The van der Waals surface area contributed by atoms with Crippen LogP contribution < -0.4 is 4.90 Å². The van der Waals surface area contributed by atoms with Gasteiger partial charge in [0.2, 0.25) is 0 Å². The summed E-state index contributed by atoms with van der Waals surface area (Å²) in [4.78, 5) is 9.27. The first kappa shape index (κ1) is 13.7. The first-order chi connectivity index (χ1) is 10.8. The number of nitrogens with zero attached hydrogens (tertiary/aromatic N) is 4. The summed E-state index contributed by atoms with van der Waals surface area (Å²) in [6.45, 7) is 6.67. The number of benzene rings is 1. The van der Waals surface area contributed by atoms with Crippen molar-refractivity contribution in [2.24, 2.45) is 0 Å². The fraction of sp³-hybridized carbons (Fsp3) is 0.500. The predicted octanol–water partition coefficient (Wildman–Crippen LogP) is 1.65. The zero-order valence-corrected chi connectivity index (χ0v) is 12.7. The zero-order chi connectivity index (χ0) is 14.9.